The Hall–Kier alpha value is -2.38. The predicted molar refractivity (Wildman–Crippen MR) is 127 cm³/mol. The van der Waals surface area contributed by atoms with Gasteiger partial charge in [0.15, 0.2) is 16.6 Å². The van der Waals surface area contributed by atoms with Crippen molar-refractivity contribution in [3.05, 3.63) is 70.2 Å². The summed E-state index contributed by atoms with van der Waals surface area (Å²) in [5, 5.41) is 7.66. The molecule has 154 valence electrons. The number of hydrazone groups is 1. The summed E-state index contributed by atoms with van der Waals surface area (Å²) in [6.07, 6.45) is 4.20. The molecule has 2 rings (SSSR count). The van der Waals surface area contributed by atoms with Crippen molar-refractivity contribution < 1.29 is 9.47 Å². The van der Waals surface area contributed by atoms with Crippen LogP contribution in [0, 0.1) is 0 Å². The standard InChI is InChI=1S/C22H26BrN3O2S/c1-4-7-18-12-17(14-25-26-22(29)24-5-2)13-20(27-6-3)21(18)28-15-16-8-10-19(23)11-9-16/h4,8-14H,1,5-7,15H2,2-3H3,(H2,24,26,29)/b25-14-. The maximum Gasteiger partial charge on any atom is 0.186 e. The minimum atomic E-state index is 0.448. The zero-order chi connectivity index (χ0) is 21.1. The van der Waals surface area contributed by atoms with Crippen LogP contribution in [0.3, 0.4) is 0 Å². The number of halogens is 1. The Labute approximate surface area is 186 Å². The lowest BCUT2D eigenvalue weighted by molar-refractivity contribution is 0.267. The molecule has 0 aliphatic rings. The van der Waals surface area contributed by atoms with E-state index >= 15 is 0 Å². The van der Waals surface area contributed by atoms with Gasteiger partial charge >= 0.3 is 0 Å². The zero-order valence-electron chi connectivity index (χ0n) is 16.7. The van der Waals surface area contributed by atoms with Crippen molar-refractivity contribution in [3.63, 3.8) is 0 Å². The van der Waals surface area contributed by atoms with Crippen molar-refractivity contribution in [1.82, 2.24) is 10.7 Å². The Kier molecular flexibility index (Phi) is 9.67. The fourth-order valence-corrected chi connectivity index (χ4v) is 3.05. The second-order valence-electron chi connectivity index (χ2n) is 6.08. The number of benzene rings is 2. The molecule has 0 saturated heterocycles. The van der Waals surface area contributed by atoms with Crippen LogP contribution in [0.1, 0.15) is 30.5 Å². The molecule has 2 N–H and O–H groups in total. The van der Waals surface area contributed by atoms with Gasteiger partial charge in [0.25, 0.3) is 0 Å². The van der Waals surface area contributed by atoms with Gasteiger partial charge < -0.3 is 14.8 Å². The third-order valence-corrected chi connectivity index (χ3v) is 4.60. The highest BCUT2D eigenvalue weighted by molar-refractivity contribution is 9.10. The molecule has 0 aliphatic heterocycles. The molecule has 29 heavy (non-hydrogen) atoms. The molecular formula is C22H26BrN3O2S. The Morgan fingerprint density at radius 3 is 2.62 bits per heavy atom. The molecule has 0 amide bonds. The highest BCUT2D eigenvalue weighted by Gasteiger charge is 2.13. The van der Waals surface area contributed by atoms with Gasteiger partial charge in [-0.2, -0.15) is 5.10 Å². The van der Waals surface area contributed by atoms with Crippen LogP contribution in [0.2, 0.25) is 0 Å². The SMILES string of the molecule is C=CCc1cc(/C=N\NC(=S)NCC)cc(OCC)c1OCc1ccc(Br)cc1. The fourth-order valence-electron chi connectivity index (χ4n) is 2.59. The highest BCUT2D eigenvalue weighted by Crippen LogP contribution is 2.34. The van der Waals surface area contributed by atoms with Crippen LogP contribution < -0.4 is 20.2 Å². The first-order valence-electron chi connectivity index (χ1n) is 9.42. The summed E-state index contributed by atoms with van der Waals surface area (Å²) in [5.41, 5.74) is 5.74. The van der Waals surface area contributed by atoms with Gasteiger partial charge in [-0.3, -0.25) is 5.43 Å². The summed E-state index contributed by atoms with van der Waals surface area (Å²) in [6.45, 7) is 9.50. The van der Waals surface area contributed by atoms with Crippen molar-refractivity contribution in [2.24, 2.45) is 5.10 Å². The van der Waals surface area contributed by atoms with Gasteiger partial charge in [0.2, 0.25) is 0 Å². The van der Waals surface area contributed by atoms with Crippen molar-refractivity contribution >= 4 is 39.5 Å². The van der Waals surface area contributed by atoms with Crippen LogP contribution in [0.15, 0.2) is 58.6 Å². The second kappa shape index (κ2) is 12.2. The molecule has 0 saturated carbocycles. The molecule has 0 spiro atoms. The summed E-state index contributed by atoms with van der Waals surface area (Å²) in [4.78, 5) is 0. The van der Waals surface area contributed by atoms with E-state index in [1.807, 2.05) is 56.3 Å². The average Bonchev–Trinajstić information content (AvgIpc) is 2.69. The lowest BCUT2D eigenvalue weighted by Gasteiger charge is -2.17. The Morgan fingerprint density at radius 2 is 1.97 bits per heavy atom. The van der Waals surface area contributed by atoms with Crippen LogP contribution in [-0.4, -0.2) is 24.5 Å². The molecule has 5 nitrogen and oxygen atoms in total. The highest BCUT2D eigenvalue weighted by atomic mass is 79.9. The molecule has 0 aromatic heterocycles. The van der Waals surface area contributed by atoms with Crippen LogP contribution in [0.25, 0.3) is 0 Å². The molecule has 0 radical (unpaired) electrons. The molecule has 0 atom stereocenters. The van der Waals surface area contributed by atoms with Crippen molar-refractivity contribution in [2.75, 3.05) is 13.2 Å². The number of hydrogen-bond donors (Lipinski definition) is 2. The first-order chi connectivity index (χ1) is 14.1. The monoisotopic (exact) mass is 475 g/mol. The van der Waals surface area contributed by atoms with Crippen LogP contribution in [0.5, 0.6) is 11.5 Å². The van der Waals surface area contributed by atoms with E-state index in [1.165, 1.54) is 0 Å². The third-order valence-electron chi connectivity index (χ3n) is 3.83. The minimum Gasteiger partial charge on any atom is -0.490 e. The molecule has 0 unspecified atom stereocenters. The Bertz CT molecular complexity index is 854. The fraction of sp³-hybridized carbons (Fsp3) is 0.273. The maximum absolute atomic E-state index is 6.15. The quantitative estimate of drug-likeness (QED) is 0.220. The van der Waals surface area contributed by atoms with Crippen molar-refractivity contribution in [1.29, 1.82) is 0 Å². The van der Waals surface area contributed by atoms with E-state index in [2.05, 4.69) is 38.4 Å². The smallest absolute Gasteiger partial charge is 0.186 e. The first-order valence-corrected chi connectivity index (χ1v) is 10.6. The van der Waals surface area contributed by atoms with E-state index < -0.39 is 0 Å². The van der Waals surface area contributed by atoms with Gasteiger partial charge in [-0.05, 0) is 67.9 Å². The molecule has 0 heterocycles. The van der Waals surface area contributed by atoms with E-state index in [4.69, 9.17) is 21.7 Å². The predicted octanol–water partition coefficient (Wildman–Crippen LogP) is 4.97. The van der Waals surface area contributed by atoms with Gasteiger partial charge in [-0.15, -0.1) is 6.58 Å². The van der Waals surface area contributed by atoms with Gasteiger partial charge in [-0.1, -0.05) is 34.1 Å². The summed E-state index contributed by atoms with van der Waals surface area (Å²) in [5.74, 6) is 1.41. The molecule has 2 aromatic carbocycles. The molecule has 0 bridgehead atoms. The first kappa shape index (κ1) is 22.9. The zero-order valence-corrected chi connectivity index (χ0v) is 19.1. The van der Waals surface area contributed by atoms with E-state index in [0.717, 1.165) is 33.5 Å². The van der Waals surface area contributed by atoms with E-state index in [-0.39, 0.29) is 0 Å². The molecule has 7 heteroatoms. The summed E-state index contributed by atoms with van der Waals surface area (Å²) in [7, 11) is 0. The van der Waals surface area contributed by atoms with E-state index in [9.17, 15) is 0 Å². The average molecular weight is 476 g/mol. The number of ether oxygens (including phenoxy) is 2. The normalized spacial score (nSPS) is 10.6. The summed E-state index contributed by atoms with van der Waals surface area (Å²) < 4.78 is 13.0. The molecular weight excluding hydrogens is 450 g/mol. The Morgan fingerprint density at radius 1 is 1.21 bits per heavy atom. The number of nitrogens with zero attached hydrogens (tertiary/aromatic N) is 1. The second-order valence-corrected chi connectivity index (χ2v) is 7.40. The summed E-state index contributed by atoms with van der Waals surface area (Å²) >= 11 is 8.57. The van der Waals surface area contributed by atoms with Gasteiger partial charge in [0, 0.05) is 16.6 Å². The lowest BCUT2D eigenvalue weighted by Crippen LogP contribution is -2.31. The number of thiocarbonyl (C=S) groups is 1. The molecule has 2 aromatic rings. The van der Waals surface area contributed by atoms with E-state index in [0.29, 0.717) is 30.5 Å². The van der Waals surface area contributed by atoms with Crippen molar-refractivity contribution in [3.8, 4) is 11.5 Å². The summed E-state index contributed by atoms with van der Waals surface area (Å²) in [6, 6.07) is 12.0. The van der Waals surface area contributed by atoms with Crippen molar-refractivity contribution in [2.45, 2.75) is 26.9 Å². The van der Waals surface area contributed by atoms with Crippen LogP contribution in [-0.2, 0) is 13.0 Å². The largest absolute Gasteiger partial charge is 0.490 e. The third kappa shape index (κ3) is 7.51. The topological polar surface area (TPSA) is 54.9 Å². The van der Waals surface area contributed by atoms with Gasteiger partial charge in [-0.25, -0.2) is 0 Å². The maximum atomic E-state index is 6.15. The van der Waals surface area contributed by atoms with Crippen LogP contribution >= 0.6 is 28.1 Å². The van der Waals surface area contributed by atoms with Crippen LogP contribution in [0.4, 0.5) is 0 Å². The molecule has 0 fully saturated rings. The number of hydrogen-bond acceptors (Lipinski definition) is 4. The number of rotatable bonds is 10. The Balaban J connectivity index is 2.25. The lowest BCUT2D eigenvalue weighted by atomic mass is 10.1. The van der Waals surface area contributed by atoms with Gasteiger partial charge in [0.1, 0.15) is 6.61 Å². The number of nitrogens with one attached hydrogen (secondary N) is 2. The molecule has 0 aliphatic carbocycles. The van der Waals surface area contributed by atoms with E-state index in [1.54, 1.807) is 6.21 Å². The van der Waals surface area contributed by atoms with Gasteiger partial charge in [0.05, 0.1) is 12.8 Å². The minimum absolute atomic E-state index is 0.448. The number of allylic oxidation sites excluding steroid dienone is 1.